The average Bonchev–Trinajstić information content (AvgIpc) is 2.83. The van der Waals surface area contributed by atoms with E-state index in [1.807, 2.05) is 0 Å². The topological polar surface area (TPSA) is 134 Å². The van der Waals surface area contributed by atoms with Crippen LogP contribution in [0.25, 0.3) is 6.08 Å². The predicted octanol–water partition coefficient (Wildman–Crippen LogP) is 4.95. The highest BCUT2D eigenvalue weighted by Gasteiger charge is 2.13. The molecule has 0 radical (unpaired) electrons. The maximum absolute atomic E-state index is 12.9. The minimum Gasteiger partial charge on any atom is -0.482 e. The molecule has 0 unspecified atom stereocenters. The van der Waals surface area contributed by atoms with Crippen molar-refractivity contribution in [1.82, 2.24) is 0 Å². The van der Waals surface area contributed by atoms with Crippen LogP contribution in [-0.4, -0.2) is 23.3 Å². The molecule has 0 aliphatic carbocycles. The molecule has 11 heteroatoms. The van der Waals surface area contributed by atoms with Gasteiger partial charge in [-0.15, -0.1) is 0 Å². The van der Waals surface area contributed by atoms with E-state index < -0.39 is 22.6 Å². The number of nitro benzene ring substituents is 1. The summed E-state index contributed by atoms with van der Waals surface area (Å²) < 4.78 is 18.3. The quantitative estimate of drug-likeness (QED) is 0.197. The molecule has 2 amide bonds. The SMILES string of the molecule is N#C/C(=C/c1ccc(OCC(=O)Nc2ccc(F)cc2)c(Cl)c1)C(=O)Nc1cccc([N+](=O)[O-])c1. The van der Waals surface area contributed by atoms with Crippen molar-refractivity contribution in [2.24, 2.45) is 0 Å². The number of nitrogens with one attached hydrogen (secondary N) is 2. The molecule has 176 valence electrons. The molecule has 0 heterocycles. The fraction of sp³-hybridized carbons (Fsp3) is 0.0417. The number of carbonyl (C=O) groups excluding carboxylic acids is 2. The number of amides is 2. The summed E-state index contributed by atoms with van der Waals surface area (Å²) in [6, 6.07) is 16.7. The predicted molar refractivity (Wildman–Crippen MR) is 127 cm³/mol. The summed E-state index contributed by atoms with van der Waals surface area (Å²) in [4.78, 5) is 34.7. The number of benzene rings is 3. The Balaban J connectivity index is 1.64. The lowest BCUT2D eigenvalue weighted by molar-refractivity contribution is -0.384. The maximum Gasteiger partial charge on any atom is 0.271 e. The smallest absolute Gasteiger partial charge is 0.271 e. The zero-order valence-electron chi connectivity index (χ0n) is 17.8. The lowest BCUT2D eigenvalue weighted by Crippen LogP contribution is -2.20. The minimum atomic E-state index is -0.762. The molecule has 0 spiro atoms. The van der Waals surface area contributed by atoms with Gasteiger partial charge in [0.1, 0.15) is 23.2 Å². The molecule has 9 nitrogen and oxygen atoms in total. The van der Waals surface area contributed by atoms with Gasteiger partial charge in [0.2, 0.25) is 0 Å². The summed E-state index contributed by atoms with van der Waals surface area (Å²) in [5.74, 6) is -1.48. The number of ether oxygens (including phenoxy) is 1. The van der Waals surface area contributed by atoms with E-state index in [9.17, 15) is 29.4 Å². The maximum atomic E-state index is 12.9. The first kappa shape index (κ1) is 24.9. The molecule has 0 bridgehead atoms. The third-order valence-electron chi connectivity index (χ3n) is 4.43. The molecule has 0 fully saturated rings. The van der Waals surface area contributed by atoms with E-state index in [1.165, 1.54) is 72.8 Å². The summed E-state index contributed by atoms with van der Waals surface area (Å²) in [7, 11) is 0. The van der Waals surface area contributed by atoms with Crippen molar-refractivity contribution >= 4 is 46.6 Å². The molecule has 3 rings (SSSR count). The molecule has 35 heavy (non-hydrogen) atoms. The van der Waals surface area contributed by atoms with Crippen LogP contribution >= 0.6 is 11.6 Å². The van der Waals surface area contributed by atoms with Crippen molar-refractivity contribution in [3.05, 3.63) is 98.8 Å². The van der Waals surface area contributed by atoms with Crippen LogP contribution in [0.1, 0.15) is 5.56 Å². The van der Waals surface area contributed by atoms with Crippen LogP contribution in [0.4, 0.5) is 21.5 Å². The Morgan fingerprint density at radius 3 is 2.49 bits per heavy atom. The second-order valence-corrected chi connectivity index (χ2v) is 7.37. The average molecular weight is 495 g/mol. The molecule has 3 aromatic rings. The second kappa shape index (κ2) is 11.4. The summed E-state index contributed by atoms with van der Waals surface area (Å²) >= 11 is 6.20. The Morgan fingerprint density at radius 2 is 1.83 bits per heavy atom. The highest BCUT2D eigenvalue weighted by Crippen LogP contribution is 2.27. The number of nitriles is 1. The van der Waals surface area contributed by atoms with Crippen LogP contribution in [-0.2, 0) is 9.59 Å². The molecule has 0 atom stereocenters. The lowest BCUT2D eigenvalue weighted by atomic mass is 10.1. The van der Waals surface area contributed by atoms with Gasteiger partial charge < -0.3 is 15.4 Å². The van der Waals surface area contributed by atoms with Gasteiger partial charge in [0.05, 0.1) is 9.95 Å². The van der Waals surface area contributed by atoms with Gasteiger partial charge in [-0.3, -0.25) is 19.7 Å². The monoisotopic (exact) mass is 494 g/mol. The largest absolute Gasteiger partial charge is 0.482 e. The standard InChI is InChI=1S/C24H16ClFN4O5/c25-21-11-15(4-9-22(21)35-14-23(31)28-18-7-5-17(26)6-8-18)10-16(13-27)24(32)29-19-2-1-3-20(12-19)30(33)34/h1-12H,14H2,(H,28,31)(H,29,32)/b16-10-. The van der Waals surface area contributed by atoms with E-state index in [1.54, 1.807) is 6.07 Å². The first-order valence-electron chi connectivity index (χ1n) is 9.90. The summed E-state index contributed by atoms with van der Waals surface area (Å²) in [6.45, 7) is -0.360. The first-order valence-corrected chi connectivity index (χ1v) is 10.3. The van der Waals surface area contributed by atoms with Crippen molar-refractivity contribution in [2.45, 2.75) is 0 Å². The first-order chi connectivity index (χ1) is 16.7. The van der Waals surface area contributed by atoms with E-state index in [0.717, 1.165) is 0 Å². The van der Waals surface area contributed by atoms with E-state index in [-0.39, 0.29) is 34.3 Å². The number of non-ortho nitro benzene ring substituents is 1. The van der Waals surface area contributed by atoms with Crippen molar-refractivity contribution in [3.63, 3.8) is 0 Å². The Bertz CT molecular complexity index is 1350. The number of hydrogen-bond acceptors (Lipinski definition) is 6. The van der Waals surface area contributed by atoms with Gasteiger partial charge in [0, 0.05) is 23.5 Å². The summed E-state index contributed by atoms with van der Waals surface area (Å²) in [5, 5.41) is 25.4. The third kappa shape index (κ3) is 7.12. The third-order valence-corrected chi connectivity index (χ3v) is 4.73. The van der Waals surface area contributed by atoms with Crippen molar-refractivity contribution < 1.29 is 23.6 Å². The minimum absolute atomic E-state index is 0.129. The van der Waals surface area contributed by atoms with Crippen LogP contribution in [0.3, 0.4) is 0 Å². The highest BCUT2D eigenvalue weighted by atomic mass is 35.5. The molecule has 0 aliphatic heterocycles. The number of anilines is 2. The Hall–Kier alpha value is -4.75. The normalized spacial score (nSPS) is 10.7. The zero-order valence-corrected chi connectivity index (χ0v) is 18.6. The fourth-order valence-electron chi connectivity index (χ4n) is 2.81. The van der Waals surface area contributed by atoms with Crippen LogP contribution in [0.5, 0.6) is 5.75 Å². The number of halogens is 2. The molecule has 0 aromatic heterocycles. The van der Waals surface area contributed by atoms with Crippen LogP contribution in [0.15, 0.2) is 72.3 Å². The van der Waals surface area contributed by atoms with Gasteiger partial charge in [-0.2, -0.15) is 5.26 Å². The van der Waals surface area contributed by atoms with E-state index in [2.05, 4.69) is 10.6 Å². The van der Waals surface area contributed by atoms with Crippen LogP contribution in [0, 0.1) is 27.3 Å². The summed E-state index contributed by atoms with van der Waals surface area (Å²) in [6.07, 6.45) is 1.28. The van der Waals surface area contributed by atoms with Gasteiger partial charge in [0.25, 0.3) is 17.5 Å². The number of rotatable bonds is 8. The molecular weight excluding hydrogens is 479 g/mol. The van der Waals surface area contributed by atoms with Crippen molar-refractivity contribution in [2.75, 3.05) is 17.2 Å². The molecule has 0 saturated carbocycles. The zero-order chi connectivity index (χ0) is 25.4. The summed E-state index contributed by atoms with van der Waals surface area (Å²) in [5.41, 5.74) is 0.493. The molecule has 3 aromatic carbocycles. The van der Waals surface area contributed by atoms with Crippen LogP contribution in [0.2, 0.25) is 5.02 Å². The number of hydrogen-bond donors (Lipinski definition) is 2. The Labute approximate surface area is 203 Å². The lowest BCUT2D eigenvalue weighted by Gasteiger charge is -2.09. The van der Waals surface area contributed by atoms with Crippen LogP contribution < -0.4 is 15.4 Å². The van der Waals surface area contributed by atoms with E-state index >= 15 is 0 Å². The fourth-order valence-corrected chi connectivity index (χ4v) is 3.05. The molecular formula is C24H16ClFN4O5. The van der Waals surface area contributed by atoms with Crippen molar-refractivity contribution in [1.29, 1.82) is 5.26 Å². The number of nitro groups is 1. The van der Waals surface area contributed by atoms with Gasteiger partial charge in [-0.05, 0) is 54.1 Å². The second-order valence-electron chi connectivity index (χ2n) is 6.96. The number of carbonyl (C=O) groups is 2. The Morgan fingerprint density at radius 1 is 1.09 bits per heavy atom. The van der Waals surface area contributed by atoms with Gasteiger partial charge in [0.15, 0.2) is 6.61 Å². The van der Waals surface area contributed by atoms with Gasteiger partial charge in [-0.25, -0.2) is 4.39 Å². The van der Waals surface area contributed by atoms with Gasteiger partial charge >= 0.3 is 0 Å². The number of nitrogens with zero attached hydrogens (tertiary/aromatic N) is 2. The van der Waals surface area contributed by atoms with Crippen molar-refractivity contribution in [3.8, 4) is 11.8 Å². The molecule has 2 N–H and O–H groups in total. The van der Waals surface area contributed by atoms with E-state index in [4.69, 9.17) is 16.3 Å². The van der Waals surface area contributed by atoms with Gasteiger partial charge in [-0.1, -0.05) is 23.7 Å². The Kier molecular flexibility index (Phi) is 8.11. The molecule has 0 saturated heterocycles. The highest BCUT2D eigenvalue weighted by molar-refractivity contribution is 6.32. The molecule has 0 aliphatic rings. The van der Waals surface area contributed by atoms with E-state index in [0.29, 0.717) is 11.3 Å².